The number of fused-ring (bicyclic) bond motifs is 1. The topological polar surface area (TPSA) is 29.5 Å². The Bertz CT molecular complexity index is 543. The maximum atomic E-state index is 12.3. The maximum absolute atomic E-state index is 12.3. The molecule has 0 saturated carbocycles. The molecule has 1 aliphatic rings. The third kappa shape index (κ3) is 1.94. The molecular weight excluding hydrogens is 234 g/mol. The van der Waals surface area contributed by atoms with Gasteiger partial charge < -0.3 is 0 Å². The minimum atomic E-state index is -0.0119. The number of carbonyl (C=O) groups excluding carboxylic acids is 1. The first kappa shape index (κ1) is 10.7. The molecule has 4 heteroatoms. The molecule has 0 radical (unpaired) electrons. The number of carbonyl (C=O) groups is 1. The SMILES string of the molecule is O=C(c1csc2ccccc12)N1CCCCO1. The Kier molecular flexibility index (Phi) is 2.82. The molecule has 2 aromatic rings. The fraction of sp³-hybridized carbons (Fsp3) is 0.308. The summed E-state index contributed by atoms with van der Waals surface area (Å²) in [7, 11) is 0. The smallest absolute Gasteiger partial charge is 0.271 e. The van der Waals surface area contributed by atoms with Crippen LogP contribution in [0.15, 0.2) is 29.6 Å². The van der Waals surface area contributed by atoms with Crippen LogP contribution in [0.2, 0.25) is 0 Å². The van der Waals surface area contributed by atoms with Gasteiger partial charge in [-0.05, 0) is 18.9 Å². The van der Waals surface area contributed by atoms with Crippen molar-refractivity contribution >= 4 is 27.3 Å². The Morgan fingerprint density at radius 3 is 3.00 bits per heavy atom. The van der Waals surface area contributed by atoms with Gasteiger partial charge in [0.05, 0.1) is 12.2 Å². The quantitative estimate of drug-likeness (QED) is 0.775. The van der Waals surface area contributed by atoms with E-state index < -0.39 is 0 Å². The molecule has 1 amide bonds. The number of amides is 1. The van der Waals surface area contributed by atoms with Crippen molar-refractivity contribution in [1.82, 2.24) is 5.06 Å². The van der Waals surface area contributed by atoms with E-state index in [9.17, 15) is 4.79 Å². The van der Waals surface area contributed by atoms with E-state index in [4.69, 9.17) is 4.84 Å². The first-order chi connectivity index (χ1) is 8.36. The average molecular weight is 247 g/mol. The lowest BCUT2D eigenvalue weighted by atomic mass is 10.1. The van der Waals surface area contributed by atoms with Crippen molar-refractivity contribution in [2.75, 3.05) is 13.2 Å². The summed E-state index contributed by atoms with van der Waals surface area (Å²) in [6, 6.07) is 7.98. The zero-order chi connectivity index (χ0) is 11.7. The van der Waals surface area contributed by atoms with Gasteiger partial charge in [0.2, 0.25) is 0 Å². The molecule has 0 spiro atoms. The van der Waals surface area contributed by atoms with Gasteiger partial charge in [0.25, 0.3) is 5.91 Å². The molecule has 1 aromatic carbocycles. The van der Waals surface area contributed by atoms with Crippen molar-refractivity contribution in [2.45, 2.75) is 12.8 Å². The van der Waals surface area contributed by atoms with E-state index in [-0.39, 0.29) is 5.91 Å². The van der Waals surface area contributed by atoms with Crippen LogP contribution >= 0.6 is 11.3 Å². The lowest BCUT2D eigenvalue weighted by Gasteiger charge is -2.25. The second-order valence-corrected chi connectivity index (χ2v) is 5.00. The van der Waals surface area contributed by atoms with Crippen LogP contribution in [0.5, 0.6) is 0 Å². The molecule has 0 atom stereocenters. The Hall–Kier alpha value is -1.39. The summed E-state index contributed by atoms with van der Waals surface area (Å²) in [6.07, 6.45) is 2.06. The van der Waals surface area contributed by atoms with E-state index >= 15 is 0 Å². The van der Waals surface area contributed by atoms with E-state index in [0.717, 1.165) is 28.5 Å². The molecule has 1 saturated heterocycles. The predicted molar refractivity (Wildman–Crippen MR) is 68.0 cm³/mol. The van der Waals surface area contributed by atoms with Crippen LogP contribution in [0.1, 0.15) is 23.2 Å². The Morgan fingerprint density at radius 2 is 2.18 bits per heavy atom. The summed E-state index contributed by atoms with van der Waals surface area (Å²) < 4.78 is 1.15. The van der Waals surface area contributed by atoms with Crippen LogP contribution in [0.3, 0.4) is 0 Å². The van der Waals surface area contributed by atoms with Gasteiger partial charge in [0.1, 0.15) is 0 Å². The zero-order valence-corrected chi connectivity index (χ0v) is 10.2. The zero-order valence-electron chi connectivity index (χ0n) is 9.39. The standard InChI is InChI=1S/C13H13NO2S/c15-13(14-7-3-4-8-16-14)11-9-17-12-6-2-1-5-10(11)12/h1-2,5-6,9H,3-4,7-8H2. The van der Waals surface area contributed by atoms with Gasteiger partial charge in [0.15, 0.2) is 0 Å². The van der Waals surface area contributed by atoms with Crippen molar-refractivity contribution in [1.29, 1.82) is 0 Å². The number of thiophene rings is 1. The summed E-state index contributed by atoms with van der Waals surface area (Å²) in [5.41, 5.74) is 0.757. The summed E-state index contributed by atoms with van der Waals surface area (Å²) in [6.45, 7) is 1.34. The fourth-order valence-corrected chi connectivity index (χ4v) is 2.97. The molecule has 17 heavy (non-hydrogen) atoms. The van der Waals surface area contributed by atoms with Crippen LogP contribution in [0, 0.1) is 0 Å². The van der Waals surface area contributed by atoms with Crippen molar-refractivity contribution in [3.63, 3.8) is 0 Å². The van der Waals surface area contributed by atoms with Crippen LogP contribution in [-0.2, 0) is 4.84 Å². The highest BCUT2D eigenvalue weighted by Crippen LogP contribution is 2.27. The molecule has 88 valence electrons. The molecule has 0 N–H and O–H groups in total. The molecule has 2 heterocycles. The normalized spacial score (nSPS) is 16.4. The Balaban J connectivity index is 1.95. The first-order valence-corrected chi connectivity index (χ1v) is 6.65. The number of nitrogens with zero attached hydrogens (tertiary/aromatic N) is 1. The highest BCUT2D eigenvalue weighted by molar-refractivity contribution is 7.17. The second kappa shape index (κ2) is 4.47. The number of benzene rings is 1. The van der Waals surface area contributed by atoms with Crippen molar-refractivity contribution in [2.24, 2.45) is 0 Å². The molecular formula is C13H13NO2S. The molecule has 3 nitrogen and oxygen atoms in total. The van der Waals surface area contributed by atoms with Crippen molar-refractivity contribution in [3.8, 4) is 0 Å². The van der Waals surface area contributed by atoms with E-state index in [1.165, 1.54) is 5.06 Å². The number of rotatable bonds is 1. The van der Waals surface area contributed by atoms with Gasteiger partial charge in [-0.3, -0.25) is 9.63 Å². The van der Waals surface area contributed by atoms with Gasteiger partial charge in [-0.15, -0.1) is 11.3 Å². The van der Waals surface area contributed by atoms with Crippen molar-refractivity contribution in [3.05, 3.63) is 35.2 Å². The molecule has 0 aliphatic carbocycles. The molecule has 0 bridgehead atoms. The van der Waals surface area contributed by atoms with Crippen LogP contribution in [0.4, 0.5) is 0 Å². The van der Waals surface area contributed by atoms with Gasteiger partial charge in [-0.2, -0.15) is 0 Å². The second-order valence-electron chi connectivity index (χ2n) is 4.09. The van der Waals surface area contributed by atoms with Crippen molar-refractivity contribution < 1.29 is 9.63 Å². The summed E-state index contributed by atoms with van der Waals surface area (Å²) in [5, 5.41) is 4.44. The van der Waals surface area contributed by atoms with E-state index in [1.54, 1.807) is 11.3 Å². The van der Waals surface area contributed by atoms with Crippen LogP contribution in [-0.4, -0.2) is 24.1 Å². The minimum Gasteiger partial charge on any atom is -0.271 e. The highest BCUT2D eigenvalue weighted by Gasteiger charge is 2.21. The number of hydroxylamine groups is 2. The third-order valence-electron chi connectivity index (χ3n) is 2.94. The Labute approximate surface area is 104 Å². The lowest BCUT2D eigenvalue weighted by Crippen LogP contribution is -2.35. The lowest BCUT2D eigenvalue weighted by molar-refractivity contribution is -0.144. The van der Waals surface area contributed by atoms with Crippen LogP contribution in [0.25, 0.3) is 10.1 Å². The summed E-state index contributed by atoms with van der Waals surface area (Å²) in [4.78, 5) is 17.7. The summed E-state index contributed by atoms with van der Waals surface area (Å²) >= 11 is 1.60. The van der Waals surface area contributed by atoms with Gasteiger partial charge in [-0.1, -0.05) is 18.2 Å². The van der Waals surface area contributed by atoms with Gasteiger partial charge >= 0.3 is 0 Å². The third-order valence-corrected chi connectivity index (χ3v) is 3.90. The highest BCUT2D eigenvalue weighted by atomic mass is 32.1. The molecule has 0 unspecified atom stereocenters. The predicted octanol–water partition coefficient (Wildman–Crippen LogP) is 3.07. The average Bonchev–Trinajstić information content (AvgIpc) is 2.83. The van der Waals surface area contributed by atoms with E-state index in [0.29, 0.717) is 13.2 Å². The fourth-order valence-electron chi connectivity index (χ4n) is 2.03. The number of hydrogen-bond donors (Lipinski definition) is 0. The van der Waals surface area contributed by atoms with Gasteiger partial charge in [0, 0.05) is 22.0 Å². The Morgan fingerprint density at radius 1 is 1.29 bits per heavy atom. The van der Waals surface area contributed by atoms with Gasteiger partial charge in [-0.25, -0.2) is 5.06 Å². The monoisotopic (exact) mass is 247 g/mol. The van der Waals surface area contributed by atoms with E-state index in [1.807, 2.05) is 29.6 Å². The molecule has 1 aliphatic heterocycles. The largest absolute Gasteiger partial charge is 0.278 e. The molecule has 1 aromatic heterocycles. The first-order valence-electron chi connectivity index (χ1n) is 5.77. The molecule has 3 rings (SSSR count). The maximum Gasteiger partial charge on any atom is 0.278 e. The van der Waals surface area contributed by atoms with E-state index in [2.05, 4.69) is 0 Å². The minimum absolute atomic E-state index is 0.0119. The summed E-state index contributed by atoms with van der Waals surface area (Å²) in [5.74, 6) is -0.0119. The van der Waals surface area contributed by atoms with Crippen LogP contribution < -0.4 is 0 Å². The molecule has 1 fully saturated rings. The number of hydrogen-bond acceptors (Lipinski definition) is 3.